The van der Waals surface area contributed by atoms with Gasteiger partial charge in [-0.1, -0.05) is 37.6 Å². The van der Waals surface area contributed by atoms with Crippen LogP contribution < -0.4 is 5.73 Å². The number of nitrogen functional groups attached to an aromatic ring is 1. The van der Waals surface area contributed by atoms with Gasteiger partial charge in [0.2, 0.25) is 0 Å². The number of phenols is 1. The molecule has 0 radical (unpaired) electrons. The van der Waals surface area contributed by atoms with Gasteiger partial charge in [-0.2, -0.15) is 0 Å². The fourth-order valence-electron chi connectivity index (χ4n) is 2.28. The molecule has 0 spiro atoms. The van der Waals surface area contributed by atoms with Crippen molar-refractivity contribution < 1.29 is 5.11 Å². The SMILES string of the molecule is CCCCc1c(N)c(C)c(O)c2ccccc12. The second-order valence-electron chi connectivity index (χ2n) is 4.51. The molecule has 0 bridgehead atoms. The van der Waals surface area contributed by atoms with Gasteiger partial charge in [0.25, 0.3) is 0 Å². The van der Waals surface area contributed by atoms with Crippen LogP contribution in [0.1, 0.15) is 30.9 Å². The number of unbranched alkanes of at least 4 members (excludes halogenated alkanes) is 1. The molecule has 0 aliphatic rings. The standard InChI is InChI=1S/C15H19NO/c1-3-4-7-12-11-8-5-6-9-13(11)15(17)10(2)14(12)16/h5-6,8-9,17H,3-4,7,16H2,1-2H3. The number of hydrogen-bond acceptors (Lipinski definition) is 2. The van der Waals surface area contributed by atoms with Crippen LogP contribution in [-0.4, -0.2) is 5.11 Å². The van der Waals surface area contributed by atoms with E-state index in [0.717, 1.165) is 41.3 Å². The van der Waals surface area contributed by atoms with Crippen LogP contribution in [0, 0.1) is 6.92 Å². The lowest BCUT2D eigenvalue weighted by molar-refractivity contribution is 0.478. The minimum atomic E-state index is 0.318. The molecule has 0 aromatic heterocycles. The van der Waals surface area contributed by atoms with Gasteiger partial charge in [0, 0.05) is 16.6 Å². The zero-order valence-electron chi connectivity index (χ0n) is 10.5. The molecule has 0 saturated heterocycles. The first-order valence-corrected chi connectivity index (χ1v) is 6.15. The Morgan fingerprint density at radius 3 is 2.47 bits per heavy atom. The van der Waals surface area contributed by atoms with Crippen molar-refractivity contribution >= 4 is 16.5 Å². The van der Waals surface area contributed by atoms with E-state index in [1.165, 1.54) is 5.56 Å². The maximum Gasteiger partial charge on any atom is 0.128 e. The Hall–Kier alpha value is -1.70. The normalized spacial score (nSPS) is 10.9. The molecule has 2 nitrogen and oxygen atoms in total. The van der Waals surface area contributed by atoms with E-state index in [1.54, 1.807) is 0 Å². The molecule has 2 heteroatoms. The molecule has 0 atom stereocenters. The Bertz CT molecular complexity index is 546. The highest BCUT2D eigenvalue weighted by Gasteiger charge is 2.13. The smallest absolute Gasteiger partial charge is 0.128 e. The topological polar surface area (TPSA) is 46.2 Å². The molecule has 2 rings (SSSR count). The molecule has 0 saturated carbocycles. The first-order valence-electron chi connectivity index (χ1n) is 6.15. The van der Waals surface area contributed by atoms with Gasteiger partial charge in [0.05, 0.1) is 0 Å². The molecule has 0 aliphatic heterocycles. The van der Waals surface area contributed by atoms with Crippen molar-refractivity contribution in [1.29, 1.82) is 0 Å². The van der Waals surface area contributed by atoms with Crippen molar-refractivity contribution in [1.82, 2.24) is 0 Å². The Labute approximate surface area is 102 Å². The fourth-order valence-corrected chi connectivity index (χ4v) is 2.28. The van der Waals surface area contributed by atoms with Crippen LogP contribution in [0.15, 0.2) is 24.3 Å². The molecule has 90 valence electrons. The zero-order chi connectivity index (χ0) is 12.4. The number of rotatable bonds is 3. The van der Waals surface area contributed by atoms with Gasteiger partial charge in [-0.05, 0) is 30.7 Å². The van der Waals surface area contributed by atoms with E-state index in [1.807, 2.05) is 31.2 Å². The van der Waals surface area contributed by atoms with E-state index in [4.69, 9.17) is 5.73 Å². The van der Waals surface area contributed by atoms with E-state index < -0.39 is 0 Å². The maximum atomic E-state index is 10.1. The second-order valence-corrected chi connectivity index (χ2v) is 4.51. The molecule has 0 aliphatic carbocycles. The minimum absolute atomic E-state index is 0.318. The largest absolute Gasteiger partial charge is 0.507 e. The summed E-state index contributed by atoms with van der Waals surface area (Å²) >= 11 is 0. The molecule has 2 aromatic rings. The molecule has 2 aromatic carbocycles. The summed E-state index contributed by atoms with van der Waals surface area (Å²) in [6.45, 7) is 4.05. The van der Waals surface area contributed by atoms with Crippen LogP contribution in [0.3, 0.4) is 0 Å². The van der Waals surface area contributed by atoms with E-state index in [2.05, 4.69) is 6.92 Å². The van der Waals surface area contributed by atoms with Crippen molar-refractivity contribution in [3.8, 4) is 5.75 Å². The average Bonchev–Trinajstić information content (AvgIpc) is 2.36. The summed E-state index contributed by atoms with van der Waals surface area (Å²) in [5.74, 6) is 0.318. The number of hydrogen-bond donors (Lipinski definition) is 2. The van der Waals surface area contributed by atoms with Gasteiger partial charge in [-0.3, -0.25) is 0 Å². The van der Waals surface area contributed by atoms with E-state index in [0.29, 0.717) is 5.75 Å². The van der Waals surface area contributed by atoms with Crippen LogP contribution in [0.5, 0.6) is 5.75 Å². The van der Waals surface area contributed by atoms with Crippen LogP contribution in [-0.2, 0) is 6.42 Å². The van der Waals surface area contributed by atoms with Gasteiger partial charge in [-0.25, -0.2) is 0 Å². The van der Waals surface area contributed by atoms with Crippen molar-refractivity contribution in [2.24, 2.45) is 0 Å². The van der Waals surface area contributed by atoms with Gasteiger partial charge < -0.3 is 10.8 Å². The molecule has 0 unspecified atom stereocenters. The van der Waals surface area contributed by atoms with Crippen LogP contribution >= 0.6 is 0 Å². The summed E-state index contributed by atoms with van der Waals surface area (Å²) in [5.41, 5.74) is 8.85. The third kappa shape index (κ3) is 1.95. The fraction of sp³-hybridized carbons (Fsp3) is 0.333. The highest BCUT2D eigenvalue weighted by molar-refractivity contribution is 5.96. The predicted molar refractivity (Wildman–Crippen MR) is 73.4 cm³/mol. The molecule has 3 N–H and O–H groups in total. The zero-order valence-corrected chi connectivity index (χ0v) is 10.5. The Balaban J connectivity index is 2.71. The highest BCUT2D eigenvalue weighted by Crippen LogP contribution is 2.37. The summed E-state index contributed by atoms with van der Waals surface area (Å²) in [4.78, 5) is 0. The Kier molecular flexibility index (Phi) is 3.23. The minimum Gasteiger partial charge on any atom is -0.507 e. The first kappa shape index (κ1) is 11.8. The molecular weight excluding hydrogens is 210 g/mol. The first-order chi connectivity index (χ1) is 8.16. The Morgan fingerprint density at radius 1 is 1.18 bits per heavy atom. The number of aromatic hydroxyl groups is 1. The predicted octanol–water partition coefficient (Wildman–Crippen LogP) is 3.78. The van der Waals surface area contributed by atoms with Crippen molar-refractivity contribution in [2.75, 3.05) is 5.73 Å². The Morgan fingerprint density at radius 2 is 1.82 bits per heavy atom. The summed E-state index contributed by atoms with van der Waals surface area (Å²) in [6, 6.07) is 7.93. The lowest BCUT2D eigenvalue weighted by Gasteiger charge is -2.14. The lowest BCUT2D eigenvalue weighted by Crippen LogP contribution is -1.99. The summed E-state index contributed by atoms with van der Waals surface area (Å²) < 4.78 is 0. The number of fused-ring (bicyclic) bond motifs is 1. The number of nitrogens with two attached hydrogens (primary N) is 1. The summed E-state index contributed by atoms with van der Waals surface area (Å²) in [5, 5.41) is 12.1. The monoisotopic (exact) mass is 229 g/mol. The third-order valence-corrected chi connectivity index (χ3v) is 3.37. The van der Waals surface area contributed by atoms with E-state index >= 15 is 0 Å². The quantitative estimate of drug-likeness (QED) is 0.787. The van der Waals surface area contributed by atoms with Crippen molar-refractivity contribution in [3.63, 3.8) is 0 Å². The van der Waals surface area contributed by atoms with Crippen molar-refractivity contribution in [2.45, 2.75) is 33.1 Å². The lowest BCUT2D eigenvalue weighted by atomic mass is 9.94. The van der Waals surface area contributed by atoms with Crippen LogP contribution in [0.2, 0.25) is 0 Å². The highest BCUT2D eigenvalue weighted by atomic mass is 16.3. The maximum absolute atomic E-state index is 10.1. The van der Waals surface area contributed by atoms with Gasteiger partial charge in [0.1, 0.15) is 5.75 Å². The summed E-state index contributed by atoms with van der Waals surface area (Å²) in [6.07, 6.45) is 3.25. The van der Waals surface area contributed by atoms with Gasteiger partial charge in [0.15, 0.2) is 0 Å². The van der Waals surface area contributed by atoms with E-state index in [9.17, 15) is 5.11 Å². The van der Waals surface area contributed by atoms with Crippen LogP contribution in [0.4, 0.5) is 5.69 Å². The molecule has 17 heavy (non-hydrogen) atoms. The number of benzene rings is 2. The molecule has 0 amide bonds. The second kappa shape index (κ2) is 4.66. The van der Waals surface area contributed by atoms with Gasteiger partial charge >= 0.3 is 0 Å². The average molecular weight is 229 g/mol. The van der Waals surface area contributed by atoms with Crippen molar-refractivity contribution in [3.05, 3.63) is 35.4 Å². The number of anilines is 1. The molecular formula is C15H19NO. The summed E-state index contributed by atoms with van der Waals surface area (Å²) in [7, 11) is 0. The van der Waals surface area contributed by atoms with Gasteiger partial charge in [-0.15, -0.1) is 0 Å². The third-order valence-electron chi connectivity index (χ3n) is 3.37. The molecule has 0 fully saturated rings. The molecule has 0 heterocycles. The number of aryl methyl sites for hydroxylation is 1. The number of phenolic OH excluding ortho intramolecular Hbond substituents is 1. The van der Waals surface area contributed by atoms with Crippen LogP contribution in [0.25, 0.3) is 10.8 Å². The van der Waals surface area contributed by atoms with E-state index in [-0.39, 0.29) is 0 Å².